The molecule has 0 aliphatic rings. The summed E-state index contributed by atoms with van der Waals surface area (Å²) in [6.45, 7) is 0. The Morgan fingerprint density at radius 1 is 1.12 bits per heavy atom. The van der Waals surface area contributed by atoms with Gasteiger partial charge in [0.15, 0.2) is 0 Å². The summed E-state index contributed by atoms with van der Waals surface area (Å²) in [4.78, 5) is 12.0. The number of hydrogen-bond acceptors (Lipinski definition) is 3. The van der Waals surface area contributed by atoms with E-state index in [2.05, 4.69) is 0 Å². The first kappa shape index (κ1) is 9.84. The molecule has 0 aliphatic heterocycles. The average molecular weight is 230 g/mol. The fraction of sp³-hybridized carbons (Fsp3) is 0. The molecule has 1 N–H and O–H groups in total. The highest BCUT2D eigenvalue weighted by atomic mass is 19.1. The predicted octanol–water partition coefficient (Wildman–Crippen LogP) is 2.79. The normalized spacial score (nSPS) is 11.1. The molecule has 0 atom stereocenters. The van der Waals surface area contributed by atoms with Crippen LogP contribution in [0.1, 0.15) is 0 Å². The van der Waals surface area contributed by atoms with Crippen LogP contribution in [0, 0.1) is 5.82 Å². The molecular formula is C13H7FO3. The van der Waals surface area contributed by atoms with Gasteiger partial charge in [-0.05, 0) is 24.3 Å². The van der Waals surface area contributed by atoms with Crippen molar-refractivity contribution in [2.24, 2.45) is 0 Å². The maximum absolute atomic E-state index is 13.5. The summed E-state index contributed by atoms with van der Waals surface area (Å²) >= 11 is 0. The molecule has 0 amide bonds. The molecule has 1 heterocycles. The van der Waals surface area contributed by atoms with Crippen molar-refractivity contribution in [3.63, 3.8) is 0 Å². The Bertz CT molecular complexity index is 789. The maximum atomic E-state index is 13.5. The molecule has 0 unspecified atom stereocenters. The zero-order valence-electron chi connectivity index (χ0n) is 8.61. The van der Waals surface area contributed by atoms with Crippen LogP contribution in [0.2, 0.25) is 0 Å². The minimum atomic E-state index is -0.605. The molecule has 3 rings (SSSR count). The van der Waals surface area contributed by atoms with Gasteiger partial charge < -0.3 is 9.52 Å². The van der Waals surface area contributed by atoms with E-state index in [9.17, 15) is 14.3 Å². The molecule has 1 aromatic heterocycles. The lowest BCUT2D eigenvalue weighted by molar-refractivity contribution is 0.474. The monoisotopic (exact) mass is 230 g/mol. The Labute approximate surface area is 94.7 Å². The summed E-state index contributed by atoms with van der Waals surface area (Å²) in [5, 5.41) is 9.50. The van der Waals surface area contributed by atoms with Crippen LogP contribution in [-0.2, 0) is 0 Å². The SMILES string of the molecule is O=c1c2ccc(O)cc2oc2cccc(F)c12. The van der Waals surface area contributed by atoms with Gasteiger partial charge >= 0.3 is 0 Å². The van der Waals surface area contributed by atoms with Crippen LogP contribution >= 0.6 is 0 Å². The van der Waals surface area contributed by atoms with Crippen LogP contribution in [0.5, 0.6) is 5.75 Å². The number of phenols is 1. The molecule has 0 aliphatic carbocycles. The van der Waals surface area contributed by atoms with Crippen molar-refractivity contribution < 1.29 is 13.9 Å². The van der Waals surface area contributed by atoms with E-state index < -0.39 is 11.2 Å². The standard InChI is InChI=1S/C13H7FO3/c14-9-2-1-3-10-12(9)13(16)8-5-4-7(15)6-11(8)17-10/h1-6,15H. The lowest BCUT2D eigenvalue weighted by Gasteiger charge is -2.02. The molecule has 0 saturated heterocycles. The first-order chi connectivity index (χ1) is 8.16. The van der Waals surface area contributed by atoms with E-state index in [1.807, 2.05) is 0 Å². The van der Waals surface area contributed by atoms with Crippen molar-refractivity contribution in [1.29, 1.82) is 0 Å². The molecule has 3 nitrogen and oxygen atoms in total. The number of fused-ring (bicyclic) bond motifs is 2. The molecule has 3 aromatic rings. The number of halogens is 1. The topological polar surface area (TPSA) is 50.4 Å². The number of hydrogen-bond donors (Lipinski definition) is 1. The molecule has 0 saturated carbocycles. The van der Waals surface area contributed by atoms with E-state index in [1.165, 1.54) is 36.4 Å². The molecule has 84 valence electrons. The lowest BCUT2D eigenvalue weighted by Crippen LogP contribution is -2.03. The fourth-order valence-corrected chi connectivity index (χ4v) is 1.85. The van der Waals surface area contributed by atoms with Gasteiger partial charge in [-0.15, -0.1) is 0 Å². The van der Waals surface area contributed by atoms with Gasteiger partial charge in [-0.25, -0.2) is 4.39 Å². The Kier molecular flexibility index (Phi) is 1.92. The summed E-state index contributed by atoms with van der Waals surface area (Å²) in [6, 6.07) is 8.32. The third-order valence-corrected chi connectivity index (χ3v) is 2.63. The first-order valence-electron chi connectivity index (χ1n) is 5.01. The summed E-state index contributed by atoms with van der Waals surface area (Å²) in [6.07, 6.45) is 0. The summed E-state index contributed by atoms with van der Waals surface area (Å²) in [5.74, 6) is -0.609. The Balaban J connectivity index is 2.62. The minimum absolute atomic E-state index is 0.00333. The van der Waals surface area contributed by atoms with Gasteiger partial charge in [0, 0.05) is 6.07 Å². The second-order valence-corrected chi connectivity index (χ2v) is 3.72. The van der Waals surface area contributed by atoms with Gasteiger partial charge in [0.25, 0.3) is 0 Å². The molecule has 4 heteroatoms. The highest BCUT2D eigenvalue weighted by Gasteiger charge is 2.11. The van der Waals surface area contributed by atoms with Crippen LogP contribution in [-0.4, -0.2) is 5.11 Å². The number of aromatic hydroxyl groups is 1. The van der Waals surface area contributed by atoms with Crippen LogP contribution in [0.3, 0.4) is 0 Å². The predicted molar refractivity (Wildman–Crippen MR) is 61.6 cm³/mol. The third kappa shape index (κ3) is 1.38. The molecular weight excluding hydrogens is 223 g/mol. The van der Waals surface area contributed by atoms with Crippen molar-refractivity contribution in [3.05, 3.63) is 52.4 Å². The molecule has 0 fully saturated rings. The van der Waals surface area contributed by atoms with Crippen molar-refractivity contribution in [2.45, 2.75) is 0 Å². The largest absolute Gasteiger partial charge is 0.508 e. The number of benzene rings is 2. The average Bonchev–Trinajstić information content (AvgIpc) is 2.28. The second kappa shape index (κ2) is 3.31. The quantitative estimate of drug-likeness (QED) is 0.604. The number of rotatable bonds is 0. The third-order valence-electron chi connectivity index (χ3n) is 2.63. The van der Waals surface area contributed by atoms with Gasteiger partial charge in [0.2, 0.25) is 5.43 Å². The maximum Gasteiger partial charge on any atom is 0.203 e. The van der Waals surface area contributed by atoms with E-state index in [1.54, 1.807) is 0 Å². The Morgan fingerprint density at radius 3 is 2.76 bits per heavy atom. The smallest absolute Gasteiger partial charge is 0.203 e. The summed E-state index contributed by atoms with van der Waals surface area (Å²) in [5.41, 5.74) is -0.0134. The van der Waals surface area contributed by atoms with E-state index in [4.69, 9.17) is 4.42 Å². The zero-order chi connectivity index (χ0) is 12.0. The van der Waals surface area contributed by atoms with Crippen LogP contribution in [0.4, 0.5) is 4.39 Å². The second-order valence-electron chi connectivity index (χ2n) is 3.72. The van der Waals surface area contributed by atoms with Gasteiger partial charge in [-0.2, -0.15) is 0 Å². The minimum Gasteiger partial charge on any atom is -0.508 e. The van der Waals surface area contributed by atoms with Crippen molar-refractivity contribution >= 4 is 21.9 Å². The van der Waals surface area contributed by atoms with Crippen LogP contribution in [0.15, 0.2) is 45.6 Å². The zero-order valence-corrected chi connectivity index (χ0v) is 8.61. The molecule has 2 aromatic carbocycles. The van der Waals surface area contributed by atoms with Gasteiger partial charge in [0.1, 0.15) is 28.1 Å². The van der Waals surface area contributed by atoms with Crippen LogP contribution in [0.25, 0.3) is 21.9 Å². The van der Waals surface area contributed by atoms with Crippen molar-refractivity contribution in [2.75, 3.05) is 0 Å². The molecule has 0 bridgehead atoms. The fourth-order valence-electron chi connectivity index (χ4n) is 1.85. The van der Waals surface area contributed by atoms with E-state index in [-0.39, 0.29) is 27.7 Å². The number of phenolic OH excluding ortho intramolecular Hbond substituents is 1. The Morgan fingerprint density at radius 2 is 1.94 bits per heavy atom. The molecule has 17 heavy (non-hydrogen) atoms. The van der Waals surface area contributed by atoms with E-state index in [0.717, 1.165) is 0 Å². The van der Waals surface area contributed by atoms with E-state index in [0.29, 0.717) is 0 Å². The molecule has 0 spiro atoms. The molecule has 0 radical (unpaired) electrons. The van der Waals surface area contributed by atoms with Crippen molar-refractivity contribution in [3.8, 4) is 5.75 Å². The van der Waals surface area contributed by atoms with Gasteiger partial charge in [0.05, 0.1) is 5.39 Å². The van der Waals surface area contributed by atoms with Crippen LogP contribution < -0.4 is 5.43 Å². The van der Waals surface area contributed by atoms with Crippen molar-refractivity contribution in [1.82, 2.24) is 0 Å². The highest BCUT2D eigenvalue weighted by Crippen LogP contribution is 2.23. The lowest BCUT2D eigenvalue weighted by atomic mass is 10.1. The highest BCUT2D eigenvalue weighted by molar-refractivity contribution is 5.90. The first-order valence-corrected chi connectivity index (χ1v) is 5.01. The van der Waals surface area contributed by atoms with Gasteiger partial charge in [-0.3, -0.25) is 4.79 Å². The van der Waals surface area contributed by atoms with E-state index >= 15 is 0 Å². The Hall–Kier alpha value is -2.36. The van der Waals surface area contributed by atoms with Gasteiger partial charge in [-0.1, -0.05) is 6.07 Å². The summed E-state index contributed by atoms with van der Waals surface area (Å²) < 4.78 is 18.9. The summed E-state index contributed by atoms with van der Waals surface area (Å²) in [7, 11) is 0.